The third-order valence-electron chi connectivity index (χ3n) is 17.0. The first-order chi connectivity index (χ1) is 49.2. The number of nitrogens with one attached hydrogen (secondary N) is 4. The van der Waals surface area contributed by atoms with Gasteiger partial charge in [0.2, 0.25) is 5.91 Å². The molecule has 11 heterocycles. The molecule has 2 spiro atoms. The Balaban J connectivity index is 0.000000148. The number of hydrogen-bond donors (Lipinski definition) is 6. The second-order valence-corrected chi connectivity index (χ2v) is 27.7. The van der Waals surface area contributed by atoms with Crippen molar-refractivity contribution >= 4 is 56.7 Å². The van der Waals surface area contributed by atoms with Crippen LogP contribution in [0, 0.1) is 52.4 Å². The molecule has 0 unspecified atom stereocenters. The monoisotopic (exact) mass is 1470 g/mol. The molecule has 0 aliphatic carbocycles. The summed E-state index contributed by atoms with van der Waals surface area (Å²) in [6.45, 7) is 6.34. The van der Waals surface area contributed by atoms with Crippen LogP contribution in [0.2, 0.25) is 0 Å². The topological polar surface area (TPSA) is 358 Å². The van der Waals surface area contributed by atoms with Crippen LogP contribution in [-0.4, -0.2) is 127 Å². The molecule has 3 atom stereocenters. The van der Waals surface area contributed by atoms with Crippen LogP contribution in [0.15, 0.2) is 91.4 Å². The van der Waals surface area contributed by atoms with Crippen LogP contribution in [0.1, 0.15) is 95.1 Å². The lowest BCUT2D eigenvalue weighted by atomic mass is 9.82. The van der Waals surface area contributed by atoms with Crippen LogP contribution in [-0.2, 0) is 60.4 Å². The van der Waals surface area contributed by atoms with Crippen molar-refractivity contribution in [3.05, 3.63) is 178 Å². The fraction of sp³-hybridized carbons (Fsp3) is 0.299. The van der Waals surface area contributed by atoms with Gasteiger partial charge in [-0.2, -0.15) is 15.3 Å². The summed E-state index contributed by atoms with van der Waals surface area (Å²) in [5.74, 6) is -11.0. The van der Waals surface area contributed by atoms with Crippen molar-refractivity contribution in [3.63, 3.8) is 0 Å². The summed E-state index contributed by atoms with van der Waals surface area (Å²) in [6.07, 6.45) is 3.26. The Morgan fingerprint density at radius 3 is 1.52 bits per heavy atom. The number of nitrogen functional groups attached to an aromatic ring is 2. The molecule has 37 heteroatoms. The summed E-state index contributed by atoms with van der Waals surface area (Å²) in [5, 5.41) is 23.9. The summed E-state index contributed by atoms with van der Waals surface area (Å²) in [5.41, 5.74) is 7.65. The molecule has 9 aromatic rings. The number of alkyl carbamates (subject to hydrolysis) is 1. The van der Waals surface area contributed by atoms with Crippen LogP contribution in [0.25, 0.3) is 34.2 Å². The number of carbonyl (C=O) groups excluding carboxylic acids is 5. The second kappa shape index (κ2) is 27.5. The Morgan fingerprint density at radius 2 is 1.05 bits per heavy atom. The number of benzene rings is 3. The molecule has 14 rings (SSSR count). The van der Waals surface area contributed by atoms with E-state index in [1.54, 1.807) is 27.7 Å². The number of ether oxygens (including phenoxy) is 5. The van der Waals surface area contributed by atoms with E-state index in [1.807, 2.05) is 0 Å². The molecule has 5 aliphatic heterocycles. The molecule has 104 heavy (non-hydrogen) atoms. The van der Waals surface area contributed by atoms with Crippen molar-refractivity contribution in [2.75, 3.05) is 55.2 Å². The molecule has 0 saturated carbocycles. The molecule has 4 amide bonds. The standard InChI is InChI=1S/C26H28F3N5O5.C22H18F3N5O5S.C19H14F3N5O2/c1-5-37-23(35)22-20(30)21(17-7-6-14(27)12-31-17)33-34(22)13-26(32-24(36)39-25(2,3)4)8-9-38-18-11-15(28)10-16(29)19(18)26;1-36(33,34)9-16(31)27-19-18(14-3-2-11(23)8-26-14)29-30-10-22(28-21(32)20(19)30)4-5-35-15-7-12(24)6-13(25)17(15)22;20-9-1-2-12(24-7-9)16-15(23)17-18(28)25-19(8-27(17)26-16)3-4-29-13-6-10(21)5-11(22)14(13)19/h6-7,10-12H,5,8-9,13,30H2,1-4H3,(H,32,36);2-3,6-8H,4-5,9-10H2,1H3,(H,27,31)(H,28,32);1-2,5-7H,3-4,8,23H2,(H,25,28)/t26-;22-;19-/m000/s1. The highest BCUT2D eigenvalue weighted by Gasteiger charge is 2.51. The SMILES string of the molecule is CCOC(=O)c1c(N)c(-c2ccc(F)cn2)nn1C[C@@]1(NC(=O)OC(C)(C)C)CCOc2cc(F)cc(F)c21.CS(=O)(=O)CC(=O)Nc1c(-c2ccc(F)cn2)nn2c1C(=O)N[C@@]1(CCOc3cc(F)cc(F)c31)C2.Nc1c(-c2ccc(F)cn2)nn2c1C(=O)N[C@@]1(CCOc3cc(F)cc(F)c31)C2. The van der Waals surface area contributed by atoms with Gasteiger partial charge in [0.05, 0.1) is 126 Å². The maximum absolute atomic E-state index is 15.4. The van der Waals surface area contributed by atoms with Gasteiger partial charge in [-0.1, -0.05) is 0 Å². The van der Waals surface area contributed by atoms with Gasteiger partial charge in [-0.25, -0.2) is 57.5 Å². The Kier molecular flexibility index (Phi) is 19.1. The number of amides is 4. The molecule has 0 fully saturated rings. The summed E-state index contributed by atoms with van der Waals surface area (Å²) in [4.78, 5) is 76.6. The molecule has 5 aliphatic rings. The van der Waals surface area contributed by atoms with E-state index in [0.29, 0.717) is 17.8 Å². The van der Waals surface area contributed by atoms with E-state index < -0.39 is 120 Å². The molecule has 27 nitrogen and oxygen atoms in total. The first-order valence-electron chi connectivity index (χ1n) is 31.5. The van der Waals surface area contributed by atoms with E-state index in [9.17, 15) is 67.5 Å². The molecule has 0 radical (unpaired) electrons. The van der Waals surface area contributed by atoms with E-state index >= 15 is 4.39 Å². The molecule has 3 aromatic carbocycles. The number of sulfone groups is 1. The van der Waals surface area contributed by atoms with Crippen LogP contribution >= 0.6 is 0 Å². The van der Waals surface area contributed by atoms with Crippen molar-refractivity contribution in [3.8, 4) is 51.4 Å². The lowest BCUT2D eigenvalue weighted by molar-refractivity contribution is -0.113. The van der Waals surface area contributed by atoms with Gasteiger partial charge >= 0.3 is 12.1 Å². The molecule has 544 valence electrons. The predicted octanol–water partition coefficient (Wildman–Crippen LogP) is 8.46. The number of anilines is 3. The van der Waals surface area contributed by atoms with Crippen LogP contribution in [0.4, 0.5) is 61.4 Å². The van der Waals surface area contributed by atoms with Crippen molar-refractivity contribution in [2.45, 2.75) is 88.8 Å². The van der Waals surface area contributed by atoms with Gasteiger partial charge in [-0.15, -0.1) is 0 Å². The quantitative estimate of drug-likeness (QED) is 0.0522. The third-order valence-corrected chi connectivity index (χ3v) is 17.7. The molecule has 8 N–H and O–H groups in total. The Labute approximate surface area is 583 Å². The molecular formula is C67H60F9N15O12S. The Bertz CT molecular complexity index is 5080. The maximum Gasteiger partial charge on any atom is 0.408 e. The summed E-state index contributed by atoms with van der Waals surface area (Å²) >= 11 is 0. The zero-order valence-corrected chi connectivity index (χ0v) is 56.1. The highest BCUT2D eigenvalue weighted by atomic mass is 32.2. The normalized spacial score (nSPS) is 18.3. The third kappa shape index (κ3) is 14.3. The van der Waals surface area contributed by atoms with Gasteiger partial charge in [0.1, 0.15) is 109 Å². The number of rotatable bonds is 11. The minimum absolute atomic E-state index is 0.00600. The number of nitrogens with zero attached hydrogens (tertiary/aromatic N) is 9. The fourth-order valence-corrected chi connectivity index (χ4v) is 13.4. The van der Waals surface area contributed by atoms with Gasteiger partial charge in [-0.3, -0.25) is 43.4 Å². The Morgan fingerprint density at radius 1 is 0.606 bits per heavy atom. The number of fused-ring (bicyclic) bond motifs is 7. The number of aromatic nitrogens is 9. The lowest BCUT2D eigenvalue weighted by Crippen LogP contribution is -2.56. The first-order valence-corrected chi connectivity index (χ1v) is 33.6. The van der Waals surface area contributed by atoms with Gasteiger partial charge < -0.3 is 56.4 Å². The minimum Gasteiger partial charge on any atom is -0.493 e. The van der Waals surface area contributed by atoms with Crippen molar-refractivity contribution in [2.24, 2.45) is 0 Å². The maximum atomic E-state index is 15.4. The number of halogens is 9. The average molecular weight is 1470 g/mol. The largest absolute Gasteiger partial charge is 0.493 e. The number of pyridine rings is 3. The smallest absolute Gasteiger partial charge is 0.408 e. The van der Waals surface area contributed by atoms with E-state index in [4.69, 9.17) is 35.2 Å². The van der Waals surface area contributed by atoms with Gasteiger partial charge in [0.15, 0.2) is 21.2 Å². The minimum atomic E-state index is -3.70. The highest BCUT2D eigenvalue weighted by molar-refractivity contribution is 7.91. The van der Waals surface area contributed by atoms with Gasteiger partial charge in [-0.05, 0) is 64.1 Å². The average Bonchev–Trinajstić information content (AvgIpc) is 1.37. The summed E-state index contributed by atoms with van der Waals surface area (Å²) < 4.78 is 181. The number of esters is 1. The van der Waals surface area contributed by atoms with Gasteiger partial charge in [0, 0.05) is 61.9 Å². The van der Waals surface area contributed by atoms with Crippen molar-refractivity contribution in [1.82, 2.24) is 60.2 Å². The number of carbonyl (C=O) groups is 5. The zero-order chi connectivity index (χ0) is 74.7. The molecular weight excluding hydrogens is 1410 g/mol. The van der Waals surface area contributed by atoms with Crippen molar-refractivity contribution < 1.29 is 95.6 Å². The number of hydrogen-bond acceptors (Lipinski definition) is 20. The summed E-state index contributed by atoms with van der Waals surface area (Å²) in [6, 6.07) is 12.7. The Hall–Kier alpha value is -11.8. The lowest BCUT2D eigenvalue weighted by Gasteiger charge is -2.42. The van der Waals surface area contributed by atoms with E-state index in [1.165, 1.54) is 33.6 Å². The van der Waals surface area contributed by atoms with Gasteiger partial charge in [0.25, 0.3) is 11.8 Å². The van der Waals surface area contributed by atoms with Crippen LogP contribution in [0.3, 0.4) is 0 Å². The highest BCUT2D eigenvalue weighted by Crippen LogP contribution is 2.47. The van der Waals surface area contributed by atoms with Crippen molar-refractivity contribution in [1.29, 1.82) is 0 Å². The zero-order valence-electron chi connectivity index (χ0n) is 55.3. The fourth-order valence-electron chi connectivity index (χ4n) is 12.8. The summed E-state index contributed by atoms with van der Waals surface area (Å²) in [7, 11) is -3.70. The molecule has 0 saturated heterocycles. The first kappa shape index (κ1) is 72.0. The second-order valence-electron chi connectivity index (χ2n) is 25.5. The van der Waals surface area contributed by atoms with E-state index in [-0.39, 0.29) is 162 Å². The van der Waals surface area contributed by atoms with Crippen LogP contribution < -0.4 is 46.9 Å². The predicted molar refractivity (Wildman–Crippen MR) is 348 cm³/mol. The van der Waals surface area contributed by atoms with E-state index in [2.05, 4.69) is 51.5 Å². The molecule has 6 aromatic heterocycles. The van der Waals surface area contributed by atoms with Crippen LogP contribution in [0.5, 0.6) is 17.2 Å². The number of nitrogens with two attached hydrogens (primary N) is 2. The molecule has 0 bridgehead atoms. The van der Waals surface area contributed by atoms with E-state index in [0.717, 1.165) is 65.9 Å².